The second-order valence-electron chi connectivity index (χ2n) is 10.4. The molecule has 37 heavy (non-hydrogen) atoms. The molecule has 0 amide bonds. The molecule has 5 nitrogen and oxygen atoms in total. The highest BCUT2D eigenvalue weighted by Gasteiger charge is 2.24. The molecule has 0 spiro atoms. The van der Waals surface area contributed by atoms with E-state index in [4.69, 9.17) is 4.74 Å². The summed E-state index contributed by atoms with van der Waals surface area (Å²) < 4.78 is 8.23. The van der Waals surface area contributed by atoms with Gasteiger partial charge in [-0.25, -0.2) is 4.98 Å². The highest BCUT2D eigenvalue weighted by Crippen LogP contribution is 2.30. The van der Waals surface area contributed by atoms with Gasteiger partial charge in [-0.3, -0.25) is 0 Å². The Morgan fingerprint density at radius 1 is 1.19 bits per heavy atom. The highest BCUT2D eigenvalue weighted by atomic mass is 16.5. The molecule has 1 aliphatic carbocycles. The smallest absolute Gasteiger partial charge is 0.139 e. The van der Waals surface area contributed by atoms with Gasteiger partial charge in [-0.15, -0.1) is 0 Å². The number of rotatable bonds is 9. The third kappa shape index (κ3) is 7.24. The highest BCUT2D eigenvalue weighted by molar-refractivity contribution is 5.66. The van der Waals surface area contributed by atoms with Crippen LogP contribution < -0.4 is 0 Å². The molecule has 5 heteroatoms. The van der Waals surface area contributed by atoms with Crippen LogP contribution in [0.1, 0.15) is 65.2 Å². The van der Waals surface area contributed by atoms with Crippen molar-refractivity contribution in [3.8, 4) is 0 Å². The molecule has 1 fully saturated rings. The van der Waals surface area contributed by atoms with Gasteiger partial charge in [0, 0.05) is 39.0 Å². The van der Waals surface area contributed by atoms with Crippen LogP contribution in [0, 0.1) is 26.2 Å². The number of allylic oxidation sites excluding steroid dienone is 4. The first-order valence-electron chi connectivity index (χ1n) is 14.1. The Balaban J connectivity index is 0.00000130. The number of fused-ring (bicyclic) bond motifs is 1. The second kappa shape index (κ2) is 12.7. The average molecular weight is 504 g/mol. The van der Waals surface area contributed by atoms with Crippen molar-refractivity contribution in [3.05, 3.63) is 83.4 Å². The summed E-state index contributed by atoms with van der Waals surface area (Å²) in [7, 11) is 0. The minimum absolute atomic E-state index is 0. The predicted octanol–water partition coefficient (Wildman–Crippen LogP) is 6.99. The standard InChI is InChI=1S/C30H39N4O.C2H6.H2/c1-22(29-17-23(2)30-31-24(3)18-33(30)20-29)12-16-35-21-34-19-28(8-5-25(34)4)27-10-14-32(15-11-27)13-9-26-6-7-26;1-2;/h5-8,12,17-20,25,27H,9-11,13-16,21H2,1-4H3;1-2H3;1H/b22-12+;;. The Labute approximate surface area is 225 Å². The molecule has 5 rings (SSSR count). The second-order valence-corrected chi connectivity index (χ2v) is 10.4. The summed E-state index contributed by atoms with van der Waals surface area (Å²) >= 11 is 0. The molecule has 3 aliphatic rings. The quantitative estimate of drug-likeness (QED) is 0.345. The zero-order valence-corrected chi connectivity index (χ0v) is 23.7. The molecular weight excluding hydrogens is 456 g/mol. The lowest BCUT2D eigenvalue weighted by Gasteiger charge is -2.35. The number of aryl methyl sites for hydroxylation is 2. The van der Waals surface area contributed by atoms with Crippen molar-refractivity contribution in [1.82, 2.24) is 19.2 Å². The number of hydrogen-bond donors (Lipinski definition) is 0. The summed E-state index contributed by atoms with van der Waals surface area (Å²) in [6, 6.07) is 2.58. The summed E-state index contributed by atoms with van der Waals surface area (Å²) in [6.07, 6.45) is 21.7. The van der Waals surface area contributed by atoms with Crippen molar-refractivity contribution < 1.29 is 6.16 Å². The van der Waals surface area contributed by atoms with Crippen molar-refractivity contribution in [2.24, 2.45) is 5.92 Å². The SMILES string of the molecule is C/C(=C\COCN1C=C(C2CCN(CCC3=C[CH]3)CC2)C=CC1C)c1cc(C)c2nc(C)cn2c1.CC.[HH]. The molecule has 0 saturated carbocycles. The molecular formula is C32H47N4O. The Morgan fingerprint density at radius 2 is 1.95 bits per heavy atom. The monoisotopic (exact) mass is 503 g/mol. The van der Waals surface area contributed by atoms with Gasteiger partial charge < -0.3 is 18.9 Å². The van der Waals surface area contributed by atoms with E-state index in [9.17, 15) is 0 Å². The normalized spacial score (nSPS) is 20.5. The van der Waals surface area contributed by atoms with Crippen LogP contribution in [-0.2, 0) is 4.74 Å². The van der Waals surface area contributed by atoms with E-state index in [1.54, 1.807) is 0 Å². The summed E-state index contributed by atoms with van der Waals surface area (Å²) in [4.78, 5) is 9.57. The van der Waals surface area contributed by atoms with Crippen molar-refractivity contribution in [2.75, 3.05) is 33.0 Å². The van der Waals surface area contributed by atoms with Crippen LogP contribution in [0.3, 0.4) is 0 Å². The fraction of sp³-hybridized carbons (Fsp3) is 0.500. The van der Waals surface area contributed by atoms with Gasteiger partial charge in [0.2, 0.25) is 0 Å². The zero-order valence-electron chi connectivity index (χ0n) is 23.7. The van der Waals surface area contributed by atoms with E-state index in [0.29, 0.717) is 25.3 Å². The number of hydrogen-bond acceptors (Lipinski definition) is 4. The van der Waals surface area contributed by atoms with Crippen LogP contribution in [0.2, 0.25) is 0 Å². The molecule has 1 unspecified atom stereocenters. The van der Waals surface area contributed by atoms with E-state index in [0.717, 1.165) is 11.3 Å². The molecule has 4 heterocycles. The van der Waals surface area contributed by atoms with Gasteiger partial charge in [-0.1, -0.05) is 43.7 Å². The number of piperidine rings is 1. The first-order chi connectivity index (χ1) is 18.0. The number of pyridine rings is 1. The number of nitrogens with zero attached hydrogens (tertiary/aromatic N) is 4. The lowest BCUT2D eigenvalue weighted by molar-refractivity contribution is 0.0600. The number of likely N-dealkylation sites (tertiary alicyclic amines) is 1. The maximum atomic E-state index is 6.11. The molecule has 1 atom stereocenters. The molecule has 1 saturated heterocycles. The average Bonchev–Trinajstić information content (AvgIpc) is 3.66. The summed E-state index contributed by atoms with van der Waals surface area (Å²) in [5.74, 6) is 0.663. The fourth-order valence-corrected chi connectivity index (χ4v) is 5.18. The van der Waals surface area contributed by atoms with Crippen LogP contribution >= 0.6 is 0 Å². The maximum absolute atomic E-state index is 6.11. The van der Waals surface area contributed by atoms with E-state index in [2.05, 4.69) is 95.3 Å². The molecule has 2 aromatic rings. The van der Waals surface area contributed by atoms with Crippen molar-refractivity contribution >= 4 is 11.2 Å². The van der Waals surface area contributed by atoms with Crippen LogP contribution in [0.15, 0.2) is 60.1 Å². The van der Waals surface area contributed by atoms with Gasteiger partial charge in [-0.2, -0.15) is 0 Å². The van der Waals surface area contributed by atoms with E-state index in [1.165, 1.54) is 66.7 Å². The lowest BCUT2D eigenvalue weighted by Crippen LogP contribution is -2.36. The first kappa shape index (κ1) is 27.4. The van der Waals surface area contributed by atoms with Crippen molar-refractivity contribution in [1.29, 1.82) is 0 Å². The van der Waals surface area contributed by atoms with Crippen molar-refractivity contribution in [3.63, 3.8) is 0 Å². The van der Waals surface area contributed by atoms with Gasteiger partial charge in [0.15, 0.2) is 0 Å². The Hall–Kier alpha value is -2.63. The lowest BCUT2D eigenvalue weighted by atomic mass is 9.87. The van der Waals surface area contributed by atoms with E-state index in [-0.39, 0.29) is 1.43 Å². The fourth-order valence-electron chi connectivity index (χ4n) is 5.18. The van der Waals surface area contributed by atoms with Crippen molar-refractivity contribution in [2.45, 2.75) is 66.8 Å². The van der Waals surface area contributed by atoms with Gasteiger partial charge in [0.1, 0.15) is 12.4 Å². The van der Waals surface area contributed by atoms with E-state index >= 15 is 0 Å². The Morgan fingerprint density at radius 3 is 2.68 bits per heavy atom. The molecule has 0 aromatic carbocycles. The van der Waals surface area contributed by atoms with Gasteiger partial charge in [0.05, 0.1) is 12.3 Å². The summed E-state index contributed by atoms with van der Waals surface area (Å²) in [5, 5.41) is 0. The minimum Gasteiger partial charge on any atom is -0.357 e. The summed E-state index contributed by atoms with van der Waals surface area (Å²) in [5.41, 5.74) is 8.71. The third-order valence-electron chi connectivity index (χ3n) is 7.64. The van der Waals surface area contributed by atoms with Crippen LogP contribution in [-0.4, -0.2) is 58.2 Å². The molecule has 2 aromatic heterocycles. The van der Waals surface area contributed by atoms with Gasteiger partial charge >= 0.3 is 0 Å². The zero-order chi connectivity index (χ0) is 26.4. The Bertz CT molecular complexity index is 1180. The van der Waals surface area contributed by atoms with Gasteiger partial charge in [0.25, 0.3) is 0 Å². The molecule has 201 valence electrons. The largest absolute Gasteiger partial charge is 0.357 e. The maximum Gasteiger partial charge on any atom is 0.139 e. The Kier molecular flexibility index (Phi) is 9.44. The number of aromatic nitrogens is 2. The van der Waals surface area contributed by atoms with Gasteiger partial charge in [-0.05, 0) is 94.3 Å². The molecule has 1 radical (unpaired) electrons. The number of imidazole rings is 1. The van der Waals surface area contributed by atoms with Crippen LogP contribution in [0.4, 0.5) is 0 Å². The molecule has 2 aliphatic heterocycles. The minimum atomic E-state index is 0. The molecule has 0 bridgehead atoms. The first-order valence-corrected chi connectivity index (χ1v) is 14.1. The third-order valence-corrected chi connectivity index (χ3v) is 7.64. The molecule has 0 N–H and O–H groups in total. The summed E-state index contributed by atoms with van der Waals surface area (Å²) in [6.45, 7) is 17.4. The van der Waals surface area contributed by atoms with E-state index in [1.807, 2.05) is 20.8 Å². The number of ether oxygens (including phenoxy) is 1. The van der Waals surface area contributed by atoms with Crippen LogP contribution in [0.5, 0.6) is 0 Å². The predicted molar refractivity (Wildman–Crippen MR) is 157 cm³/mol. The van der Waals surface area contributed by atoms with Crippen LogP contribution in [0.25, 0.3) is 11.2 Å². The topological polar surface area (TPSA) is 33.0 Å². The van der Waals surface area contributed by atoms with E-state index < -0.39 is 0 Å².